The number of carbonyl (C=O) groups excluding carboxylic acids is 1. The van der Waals surface area contributed by atoms with E-state index in [0.29, 0.717) is 27.1 Å². The number of aryl methyl sites for hydroxylation is 1. The van der Waals surface area contributed by atoms with Gasteiger partial charge in [-0.2, -0.15) is 0 Å². The van der Waals surface area contributed by atoms with E-state index in [1.807, 2.05) is 6.07 Å². The lowest BCUT2D eigenvalue weighted by molar-refractivity contribution is 0.0449. The van der Waals surface area contributed by atoms with Crippen LogP contribution in [-0.2, 0) is 0 Å². The van der Waals surface area contributed by atoms with Gasteiger partial charge in [0, 0.05) is 10.6 Å². The molecule has 1 aromatic heterocycles. The first kappa shape index (κ1) is 17.9. The van der Waals surface area contributed by atoms with Crippen LogP contribution in [0.4, 0.5) is 0 Å². The van der Waals surface area contributed by atoms with Crippen molar-refractivity contribution >= 4 is 28.5 Å². The molecule has 28 heavy (non-hydrogen) atoms. The number of hydrogen-bond donors (Lipinski definition) is 0. The largest absolute Gasteiger partial charge is 0.364 e. The topological polar surface area (TPSA) is 61.2 Å². The minimum atomic E-state index is -0.638. The van der Waals surface area contributed by atoms with Crippen LogP contribution in [0, 0.1) is 6.92 Å². The second-order valence-electron chi connectivity index (χ2n) is 6.26. The first-order chi connectivity index (χ1) is 13.5. The molecule has 0 amide bonds. The van der Waals surface area contributed by atoms with Gasteiger partial charge in [-0.25, -0.2) is 9.78 Å². The summed E-state index contributed by atoms with van der Waals surface area (Å²) >= 11 is 6.10. The number of halogens is 1. The Bertz CT molecular complexity index is 1260. The molecule has 0 aliphatic carbocycles. The van der Waals surface area contributed by atoms with Crippen molar-refractivity contribution in [3.8, 4) is 11.4 Å². The summed E-state index contributed by atoms with van der Waals surface area (Å²) in [6, 6.07) is 20.8. The lowest BCUT2D eigenvalue weighted by atomic mass is 10.1. The summed E-state index contributed by atoms with van der Waals surface area (Å²) in [5, 5.41) is 0.836. The molecule has 1 heterocycles. The molecule has 0 unspecified atom stereocenters. The van der Waals surface area contributed by atoms with Crippen molar-refractivity contribution in [2.75, 3.05) is 0 Å². The summed E-state index contributed by atoms with van der Waals surface area (Å²) in [6.45, 7) is 1.80. The van der Waals surface area contributed by atoms with Gasteiger partial charge in [-0.05, 0) is 42.8 Å². The number of para-hydroxylation sites is 1. The number of rotatable bonds is 3. The average Bonchev–Trinajstić information content (AvgIpc) is 2.70. The van der Waals surface area contributed by atoms with E-state index in [4.69, 9.17) is 16.4 Å². The standard InChI is InChI=1S/C22H15ClN2O3/c1-14-7-2-3-10-17(14)22(27)28-25-20(15-8-6-9-16(23)13-15)24-19-12-5-4-11-18(19)21(25)26/h2-13H,1H3. The van der Waals surface area contributed by atoms with E-state index in [-0.39, 0.29) is 5.82 Å². The molecule has 0 radical (unpaired) electrons. The third kappa shape index (κ3) is 3.28. The second-order valence-corrected chi connectivity index (χ2v) is 6.69. The number of hydrogen-bond acceptors (Lipinski definition) is 4. The zero-order valence-electron chi connectivity index (χ0n) is 14.9. The Hall–Kier alpha value is -3.44. The highest BCUT2D eigenvalue weighted by Crippen LogP contribution is 2.22. The SMILES string of the molecule is Cc1ccccc1C(=O)On1c(-c2cccc(Cl)c2)nc2ccccc2c1=O. The molecule has 0 spiro atoms. The third-order valence-electron chi connectivity index (χ3n) is 4.36. The Morgan fingerprint density at radius 1 is 1.00 bits per heavy atom. The van der Waals surface area contributed by atoms with Crippen LogP contribution in [-0.4, -0.2) is 15.7 Å². The molecule has 0 fully saturated rings. The predicted molar refractivity (Wildman–Crippen MR) is 109 cm³/mol. The Balaban J connectivity index is 1.92. The van der Waals surface area contributed by atoms with Crippen molar-refractivity contribution in [3.63, 3.8) is 0 Å². The van der Waals surface area contributed by atoms with Crippen molar-refractivity contribution in [1.82, 2.24) is 9.71 Å². The lowest BCUT2D eigenvalue weighted by Gasteiger charge is -2.14. The summed E-state index contributed by atoms with van der Waals surface area (Å²) in [7, 11) is 0. The molecule has 0 saturated heterocycles. The van der Waals surface area contributed by atoms with E-state index >= 15 is 0 Å². The fourth-order valence-electron chi connectivity index (χ4n) is 2.95. The van der Waals surface area contributed by atoms with Gasteiger partial charge in [-0.3, -0.25) is 4.79 Å². The van der Waals surface area contributed by atoms with Crippen molar-refractivity contribution in [3.05, 3.63) is 99.3 Å². The van der Waals surface area contributed by atoms with E-state index in [9.17, 15) is 9.59 Å². The molecular formula is C22H15ClN2O3. The zero-order chi connectivity index (χ0) is 19.7. The number of carbonyl (C=O) groups is 1. The van der Waals surface area contributed by atoms with Gasteiger partial charge in [-0.1, -0.05) is 54.1 Å². The van der Waals surface area contributed by atoms with Gasteiger partial charge >= 0.3 is 5.97 Å². The van der Waals surface area contributed by atoms with E-state index in [1.54, 1.807) is 73.7 Å². The molecule has 0 N–H and O–H groups in total. The summed E-state index contributed by atoms with van der Waals surface area (Å²) in [5.74, 6) is -0.436. The second kappa shape index (κ2) is 7.29. The van der Waals surface area contributed by atoms with Gasteiger partial charge in [0.1, 0.15) is 0 Å². The molecule has 0 aliphatic rings. The van der Waals surface area contributed by atoms with E-state index < -0.39 is 11.5 Å². The predicted octanol–water partition coefficient (Wildman–Crippen LogP) is 4.29. The highest BCUT2D eigenvalue weighted by molar-refractivity contribution is 6.30. The van der Waals surface area contributed by atoms with Gasteiger partial charge < -0.3 is 4.84 Å². The first-order valence-electron chi connectivity index (χ1n) is 8.60. The monoisotopic (exact) mass is 390 g/mol. The van der Waals surface area contributed by atoms with E-state index in [0.717, 1.165) is 10.3 Å². The number of aromatic nitrogens is 2. The van der Waals surface area contributed by atoms with Gasteiger partial charge in [0.2, 0.25) is 0 Å². The minimum absolute atomic E-state index is 0.202. The molecule has 4 rings (SSSR count). The molecule has 0 aliphatic heterocycles. The van der Waals surface area contributed by atoms with Gasteiger partial charge in [0.25, 0.3) is 5.56 Å². The van der Waals surface area contributed by atoms with E-state index in [2.05, 4.69) is 4.98 Å². The van der Waals surface area contributed by atoms with Crippen molar-refractivity contribution < 1.29 is 9.63 Å². The molecule has 0 atom stereocenters. The molecule has 0 bridgehead atoms. The number of nitrogens with zero attached hydrogens (tertiary/aromatic N) is 2. The molecule has 6 heteroatoms. The Labute approximate surface area is 165 Å². The van der Waals surface area contributed by atoms with Crippen LogP contribution in [0.1, 0.15) is 15.9 Å². The smallest absolute Gasteiger partial charge is 0.326 e. The molecule has 5 nitrogen and oxygen atoms in total. The highest BCUT2D eigenvalue weighted by atomic mass is 35.5. The normalized spacial score (nSPS) is 10.8. The number of fused-ring (bicyclic) bond motifs is 1. The number of benzene rings is 3. The van der Waals surface area contributed by atoms with Crippen LogP contribution in [0.2, 0.25) is 5.02 Å². The van der Waals surface area contributed by atoms with Crippen LogP contribution in [0.5, 0.6) is 0 Å². The maximum atomic E-state index is 13.1. The highest BCUT2D eigenvalue weighted by Gasteiger charge is 2.19. The summed E-state index contributed by atoms with van der Waals surface area (Å²) in [6.07, 6.45) is 0. The maximum absolute atomic E-state index is 13.1. The van der Waals surface area contributed by atoms with Crippen LogP contribution in [0.3, 0.4) is 0 Å². The van der Waals surface area contributed by atoms with Crippen molar-refractivity contribution in [1.29, 1.82) is 0 Å². The van der Waals surface area contributed by atoms with Crippen LogP contribution in [0.15, 0.2) is 77.6 Å². The Morgan fingerprint density at radius 3 is 2.54 bits per heavy atom. The quantitative estimate of drug-likeness (QED) is 0.523. The Kier molecular flexibility index (Phi) is 4.67. The third-order valence-corrected chi connectivity index (χ3v) is 4.59. The Morgan fingerprint density at radius 2 is 1.75 bits per heavy atom. The maximum Gasteiger partial charge on any atom is 0.364 e. The summed E-state index contributed by atoms with van der Waals surface area (Å²) in [5.41, 5.74) is 1.72. The van der Waals surface area contributed by atoms with Crippen LogP contribution >= 0.6 is 11.6 Å². The van der Waals surface area contributed by atoms with Crippen molar-refractivity contribution in [2.45, 2.75) is 6.92 Å². The fourth-order valence-corrected chi connectivity index (χ4v) is 3.14. The minimum Gasteiger partial charge on any atom is -0.326 e. The van der Waals surface area contributed by atoms with Gasteiger partial charge in [0.15, 0.2) is 5.82 Å². The van der Waals surface area contributed by atoms with E-state index in [1.165, 1.54) is 0 Å². The van der Waals surface area contributed by atoms with Crippen LogP contribution in [0.25, 0.3) is 22.3 Å². The van der Waals surface area contributed by atoms with Gasteiger partial charge in [0.05, 0.1) is 16.5 Å². The lowest BCUT2D eigenvalue weighted by Crippen LogP contribution is -2.33. The summed E-state index contributed by atoms with van der Waals surface area (Å²) in [4.78, 5) is 35.9. The summed E-state index contributed by atoms with van der Waals surface area (Å²) < 4.78 is 0.933. The molecular weight excluding hydrogens is 376 g/mol. The molecule has 4 aromatic rings. The average molecular weight is 391 g/mol. The van der Waals surface area contributed by atoms with Gasteiger partial charge in [-0.15, -0.1) is 4.73 Å². The molecule has 138 valence electrons. The molecule has 0 saturated carbocycles. The molecule has 3 aromatic carbocycles. The van der Waals surface area contributed by atoms with Crippen molar-refractivity contribution in [2.24, 2.45) is 0 Å². The zero-order valence-corrected chi connectivity index (χ0v) is 15.7. The fraction of sp³-hybridized carbons (Fsp3) is 0.0455. The first-order valence-corrected chi connectivity index (χ1v) is 8.98. The van der Waals surface area contributed by atoms with Crippen LogP contribution < -0.4 is 10.4 Å².